The van der Waals surface area contributed by atoms with Gasteiger partial charge in [-0.05, 0) is 29.7 Å². The Bertz CT molecular complexity index is 674. The Labute approximate surface area is 129 Å². The second kappa shape index (κ2) is 5.74. The quantitative estimate of drug-likeness (QED) is 0.757. The molecule has 0 atom stereocenters. The zero-order chi connectivity index (χ0) is 14.8. The molecule has 0 N–H and O–H groups in total. The first-order valence-electron chi connectivity index (χ1n) is 6.86. The van der Waals surface area contributed by atoms with Gasteiger partial charge in [0.1, 0.15) is 5.15 Å². The lowest BCUT2D eigenvalue weighted by Gasteiger charge is -2.32. The van der Waals surface area contributed by atoms with Crippen LogP contribution >= 0.6 is 11.6 Å². The van der Waals surface area contributed by atoms with Crippen LogP contribution in [0.5, 0.6) is 0 Å². The van der Waals surface area contributed by atoms with Crippen molar-refractivity contribution in [1.82, 2.24) is 9.88 Å². The van der Waals surface area contributed by atoms with E-state index >= 15 is 0 Å². The van der Waals surface area contributed by atoms with Crippen LogP contribution in [0.15, 0.2) is 42.6 Å². The highest BCUT2D eigenvalue weighted by Gasteiger charge is 2.23. The Morgan fingerprint density at radius 2 is 2.05 bits per heavy atom. The Kier molecular flexibility index (Phi) is 3.80. The number of halogens is 1. The van der Waals surface area contributed by atoms with Crippen molar-refractivity contribution < 1.29 is 4.79 Å². The summed E-state index contributed by atoms with van der Waals surface area (Å²) in [5.74, 6) is 0. The van der Waals surface area contributed by atoms with E-state index in [4.69, 9.17) is 11.6 Å². The molecule has 2 heterocycles. The number of hydrogen-bond donors (Lipinski definition) is 0. The van der Waals surface area contributed by atoms with E-state index in [0.29, 0.717) is 11.7 Å². The van der Waals surface area contributed by atoms with Crippen LogP contribution < -0.4 is 4.90 Å². The van der Waals surface area contributed by atoms with Gasteiger partial charge in [0.15, 0.2) is 0 Å². The molecule has 0 radical (unpaired) electrons. The van der Waals surface area contributed by atoms with Gasteiger partial charge in [-0.2, -0.15) is 0 Å². The highest BCUT2D eigenvalue weighted by Crippen LogP contribution is 2.22. The number of carbonyl (C=O) groups is 1. The zero-order valence-corrected chi connectivity index (χ0v) is 12.5. The van der Waals surface area contributed by atoms with Crippen LogP contribution in [-0.4, -0.2) is 29.5 Å². The number of anilines is 1. The maximum atomic E-state index is 12.6. The molecule has 1 aliphatic rings. The van der Waals surface area contributed by atoms with Crippen molar-refractivity contribution in [2.75, 3.05) is 18.5 Å². The van der Waals surface area contributed by atoms with Gasteiger partial charge < -0.3 is 4.90 Å². The molecule has 1 aromatic heterocycles. The summed E-state index contributed by atoms with van der Waals surface area (Å²) < 4.78 is 0. The van der Waals surface area contributed by atoms with Crippen molar-refractivity contribution >= 4 is 23.3 Å². The molecule has 3 rings (SSSR count). The van der Waals surface area contributed by atoms with E-state index in [9.17, 15) is 4.79 Å². The summed E-state index contributed by atoms with van der Waals surface area (Å²) in [7, 11) is 1.76. The van der Waals surface area contributed by atoms with Gasteiger partial charge in [-0.25, -0.2) is 9.78 Å². The van der Waals surface area contributed by atoms with Gasteiger partial charge in [0.25, 0.3) is 0 Å². The molecule has 4 nitrogen and oxygen atoms in total. The second-order valence-electron chi connectivity index (χ2n) is 5.12. The average molecular weight is 302 g/mol. The molecule has 108 valence electrons. The first-order valence-corrected chi connectivity index (χ1v) is 7.24. The number of benzene rings is 1. The molecular weight excluding hydrogens is 286 g/mol. The van der Waals surface area contributed by atoms with Crippen LogP contribution in [0.4, 0.5) is 10.5 Å². The summed E-state index contributed by atoms with van der Waals surface area (Å²) in [6.45, 7) is 1.39. The average Bonchev–Trinajstić information content (AvgIpc) is 2.53. The van der Waals surface area contributed by atoms with E-state index in [-0.39, 0.29) is 6.03 Å². The van der Waals surface area contributed by atoms with Gasteiger partial charge >= 0.3 is 6.03 Å². The molecule has 0 bridgehead atoms. The van der Waals surface area contributed by atoms with Gasteiger partial charge in [-0.15, -0.1) is 0 Å². The van der Waals surface area contributed by atoms with E-state index in [1.165, 1.54) is 11.1 Å². The first kappa shape index (κ1) is 13.9. The predicted molar refractivity (Wildman–Crippen MR) is 83.6 cm³/mol. The molecular formula is C16H16ClN3O. The normalized spacial score (nSPS) is 13.7. The molecule has 0 unspecified atom stereocenters. The Hall–Kier alpha value is -2.07. The van der Waals surface area contributed by atoms with E-state index in [2.05, 4.69) is 17.1 Å². The maximum Gasteiger partial charge on any atom is 0.324 e. The lowest BCUT2D eigenvalue weighted by molar-refractivity contribution is 0.200. The minimum atomic E-state index is -0.0215. The highest BCUT2D eigenvalue weighted by molar-refractivity contribution is 6.29. The highest BCUT2D eigenvalue weighted by atomic mass is 35.5. The molecule has 5 heteroatoms. The van der Waals surface area contributed by atoms with Crippen LogP contribution in [0.1, 0.15) is 11.1 Å². The van der Waals surface area contributed by atoms with Gasteiger partial charge in [0.2, 0.25) is 0 Å². The van der Waals surface area contributed by atoms with Crippen LogP contribution in [0.2, 0.25) is 5.15 Å². The fourth-order valence-corrected chi connectivity index (χ4v) is 2.75. The van der Waals surface area contributed by atoms with E-state index < -0.39 is 0 Å². The van der Waals surface area contributed by atoms with Crippen molar-refractivity contribution in [3.05, 3.63) is 58.9 Å². The third kappa shape index (κ3) is 2.85. The summed E-state index contributed by atoms with van der Waals surface area (Å²) in [6, 6.07) is 11.7. The minimum absolute atomic E-state index is 0.0215. The molecule has 0 fully saturated rings. The number of aromatic nitrogens is 1. The number of carbonyl (C=O) groups excluding carboxylic acids is 1. The lowest BCUT2D eigenvalue weighted by Crippen LogP contribution is -2.43. The number of rotatable bonds is 1. The molecule has 0 saturated heterocycles. The van der Waals surface area contributed by atoms with Crippen LogP contribution in [0.3, 0.4) is 0 Å². The van der Waals surface area contributed by atoms with Crippen molar-refractivity contribution in [3.8, 4) is 0 Å². The predicted octanol–water partition coefficient (Wildman–Crippen LogP) is 3.35. The zero-order valence-electron chi connectivity index (χ0n) is 11.8. The number of nitrogens with zero attached hydrogens (tertiary/aromatic N) is 3. The molecule has 0 saturated carbocycles. The molecule has 2 amide bonds. The van der Waals surface area contributed by atoms with Crippen LogP contribution in [0.25, 0.3) is 0 Å². The number of amides is 2. The van der Waals surface area contributed by atoms with Gasteiger partial charge in [0, 0.05) is 32.0 Å². The van der Waals surface area contributed by atoms with Gasteiger partial charge in [0.05, 0.1) is 0 Å². The summed E-state index contributed by atoms with van der Waals surface area (Å²) in [5.41, 5.74) is 3.30. The summed E-state index contributed by atoms with van der Waals surface area (Å²) in [5, 5.41) is 0.385. The lowest BCUT2D eigenvalue weighted by atomic mass is 10.0. The largest absolute Gasteiger partial charge is 0.324 e. The van der Waals surface area contributed by atoms with E-state index in [0.717, 1.165) is 18.7 Å². The number of fused-ring (bicyclic) bond motifs is 1. The van der Waals surface area contributed by atoms with E-state index in [1.807, 2.05) is 17.0 Å². The number of hydrogen-bond acceptors (Lipinski definition) is 2. The van der Waals surface area contributed by atoms with E-state index in [1.54, 1.807) is 30.3 Å². The summed E-state index contributed by atoms with van der Waals surface area (Å²) in [4.78, 5) is 20.0. The van der Waals surface area contributed by atoms with Gasteiger partial charge in [-0.3, -0.25) is 4.90 Å². The summed E-state index contributed by atoms with van der Waals surface area (Å²) in [6.07, 6.45) is 2.50. The molecule has 1 aromatic carbocycles. The molecule has 1 aliphatic heterocycles. The minimum Gasteiger partial charge on any atom is -0.320 e. The third-order valence-corrected chi connectivity index (χ3v) is 3.99. The Balaban J connectivity index is 1.77. The molecule has 0 aliphatic carbocycles. The summed E-state index contributed by atoms with van der Waals surface area (Å²) >= 11 is 5.88. The molecule has 21 heavy (non-hydrogen) atoms. The van der Waals surface area contributed by atoms with Crippen molar-refractivity contribution in [1.29, 1.82) is 0 Å². The van der Waals surface area contributed by atoms with Crippen LogP contribution in [0, 0.1) is 0 Å². The van der Waals surface area contributed by atoms with Crippen molar-refractivity contribution in [2.45, 2.75) is 13.0 Å². The monoisotopic (exact) mass is 301 g/mol. The number of pyridine rings is 1. The third-order valence-electron chi connectivity index (χ3n) is 3.79. The topological polar surface area (TPSA) is 36.4 Å². The first-order chi connectivity index (χ1) is 10.1. The van der Waals surface area contributed by atoms with Gasteiger partial charge in [-0.1, -0.05) is 35.9 Å². The van der Waals surface area contributed by atoms with Crippen molar-refractivity contribution in [2.24, 2.45) is 0 Å². The standard InChI is InChI=1S/C16H16ClN3O/c1-19(14-6-8-18-15(17)10-14)16(21)20-9-7-12-4-2-3-5-13(12)11-20/h2-6,8,10H,7,9,11H2,1H3. The van der Waals surface area contributed by atoms with Crippen molar-refractivity contribution in [3.63, 3.8) is 0 Å². The molecule has 2 aromatic rings. The smallest absolute Gasteiger partial charge is 0.320 e. The second-order valence-corrected chi connectivity index (χ2v) is 5.51. The Morgan fingerprint density at radius 1 is 1.29 bits per heavy atom. The van der Waals surface area contributed by atoms with Crippen LogP contribution in [-0.2, 0) is 13.0 Å². The maximum absolute atomic E-state index is 12.6. The fourth-order valence-electron chi connectivity index (χ4n) is 2.58. The molecule has 0 spiro atoms. The number of urea groups is 1. The Morgan fingerprint density at radius 3 is 2.81 bits per heavy atom. The fraction of sp³-hybridized carbons (Fsp3) is 0.250. The SMILES string of the molecule is CN(C(=O)N1CCc2ccccc2C1)c1ccnc(Cl)c1.